The summed E-state index contributed by atoms with van der Waals surface area (Å²) in [6, 6.07) is 5.97. The molecule has 1 aromatic carbocycles. The van der Waals surface area contributed by atoms with Crippen molar-refractivity contribution in [2.45, 2.75) is 18.9 Å². The Hall–Kier alpha value is -0.880. The van der Waals surface area contributed by atoms with Crippen LogP contribution in [0.15, 0.2) is 18.2 Å². The van der Waals surface area contributed by atoms with E-state index in [9.17, 15) is 0 Å². The number of benzene rings is 1. The zero-order chi connectivity index (χ0) is 13.0. The average molecular weight is 283 g/mol. The summed E-state index contributed by atoms with van der Waals surface area (Å²) in [4.78, 5) is 2.28. The summed E-state index contributed by atoms with van der Waals surface area (Å²) in [7, 11) is 0. The molecule has 0 atom stereocenters. The molecule has 0 aliphatic carbocycles. The molecule has 1 aliphatic rings. The van der Waals surface area contributed by atoms with Gasteiger partial charge in [0.1, 0.15) is 0 Å². The lowest BCUT2D eigenvalue weighted by Crippen LogP contribution is -2.39. The minimum atomic E-state index is 0.413. The molecule has 0 unspecified atom stereocenters. The number of nitrogens with one attached hydrogen (secondary N) is 1. The summed E-state index contributed by atoms with van der Waals surface area (Å²) in [5, 5.41) is 4.79. The van der Waals surface area contributed by atoms with Gasteiger partial charge in [0.05, 0.1) is 22.3 Å². The van der Waals surface area contributed by atoms with Crippen molar-refractivity contribution in [3.63, 3.8) is 0 Å². The maximum Gasteiger partial charge on any atom is 0.0721 e. The van der Waals surface area contributed by atoms with Crippen LogP contribution in [0.4, 0.5) is 5.69 Å². The molecule has 0 bridgehead atoms. The lowest BCUT2D eigenvalue weighted by Gasteiger charge is -2.32. The van der Waals surface area contributed by atoms with Gasteiger partial charge in [-0.2, -0.15) is 0 Å². The minimum absolute atomic E-state index is 0.413. The Morgan fingerprint density at radius 1 is 1.28 bits per heavy atom. The van der Waals surface area contributed by atoms with Gasteiger partial charge in [0.2, 0.25) is 0 Å². The van der Waals surface area contributed by atoms with E-state index in [0.29, 0.717) is 16.1 Å². The standard InChI is InChI=1S/C14H16Cl2N2/c1-2-8-18-9-6-11(7-10-18)17-14-12(15)4-3-5-13(14)16/h1,3-5,11,17H,6-10H2. The van der Waals surface area contributed by atoms with Crippen LogP contribution in [0.5, 0.6) is 0 Å². The number of hydrogen-bond acceptors (Lipinski definition) is 2. The van der Waals surface area contributed by atoms with Crippen molar-refractivity contribution in [1.82, 2.24) is 4.90 Å². The molecule has 0 spiro atoms. The Bertz CT molecular complexity index is 425. The molecule has 4 heteroatoms. The molecular weight excluding hydrogens is 267 g/mol. The molecule has 0 saturated carbocycles. The minimum Gasteiger partial charge on any atom is -0.380 e. The van der Waals surface area contributed by atoms with Crippen molar-refractivity contribution in [3.05, 3.63) is 28.2 Å². The second kappa shape index (κ2) is 6.33. The quantitative estimate of drug-likeness (QED) is 0.854. The van der Waals surface area contributed by atoms with Gasteiger partial charge in [-0.3, -0.25) is 4.90 Å². The van der Waals surface area contributed by atoms with E-state index < -0.39 is 0 Å². The molecule has 1 aromatic rings. The SMILES string of the molecule is C#CCN1CCC(Nc2c(Cl)cccc2Cl)CC1. The van der Waals surface area contributed by atoms with Crippen LogP contribution in [0.1, 0.15) is 12.8 Å². The predicted molar refractivity (Wildman–Crippen MR) is 78.4 cm³/mol. The molecule has 18 heavy (non-hydrogen) atoms. The van der Waals surface area contributed by atoms with Crippen LogP contribution in [-0.4, -0.2) is 30.6 Å². The van der Waals surface area contributed by atoms with Gasteiger partial charge >= 0.3 is 0 Å². The van der Waals surface area contributed by atoms with E-state index in [1.54, 1.807) is 0 Å². The molecule has 1 aliphatic heterocycles. The lowest BCUT2D eigenvalue weighted by atomic mass is 10.0. The topological polar surface area (TPSA) is 15.3 Å². The number of halogens is 2. The van der Waals surface area contributed by atoms with E-state index in [-0.39, 0.29) is 0 Å². The predicted octanol–water partition coefficient (Wildman–Crippen LogP) is 3.50. The van der Waals surface area contributed by atoms with Crippen LogP contribution in [-0.2, 0) is 0 Å². The normalized spacial score (nSPS) is 17.4. The third-order valence-corrected chi connectivity index (χ3v) is 3.84. The zero-order valence-electron chi connectivity index (χ0n) is 10.1. The highest BCUT2D eigenvalue weighted by atomic mass is 35.5. The first-order valence-corrected chi connectivity index (χ1v) is 6.82. The molecule has 1 N–H and O–H groups in total. The van der Waals surface area contributed by atoms with Gasteiger partial charge in [0.15, 0.2) is 0 Å². The van der Waals surface area contributed by atoms with Gasteiger partial charge < -0.3 is 5.32 Å². The first kappa shape index (κ1) is 13.5. The lowest BCUT2D eigenvalue weighted by molar-refractivity contribution is 0.243. The maximum absolute atomic E-state index is 6.14. The number of rotatable bonds is 3. The summed E-state index contributed by atoms with van der Waals surface area (Å²) >= 11 is 12.3. The molecule has 1 fully saturated rings. The molecule has 2 nitrogen and oxygen atoms in total. The van der Waals surface area contributed by atoms with Crippen LogP contribution in [0.2, 0.25) is 10.0 Å². The Labute approximate surface area is 118 Å². The molecule has 1 saturated heterocycles. The number of nitrogens with zero attached hydrogens (tertiary/aromatic N) is 1. The molecule has 1 heterocycles. The summed E-state index contributed by atoms with van der Waals surface area (Å²) in [5.41, 5.74) is 0.844. The van der Waals surface area contributed by atoms with Crippen LogP contribution >= 0.6 is 23.2 Å². The highest BCUT2D eigenvalue weighted by molar-refractivity contribution is 6.39. The maximum atomic E-state index is 6.14. The fraction of sp³-hybridized carbons (Fsp3) is 0.429. The highest BCUT2D eigenvalue weighted by Gasteiger charge is 2.19. The van der Waals surface area contributed by atoms with E-state index in [4.69, 9.17) is 29.6 Å². The molecule has 96 valence electrons. The Kier molecular flexibility index (Phi) is 4.77. The van der Waals surface area contributed by atoms with E-state index >= 15 is 0 Å². The molecule has 0 amide bonds. The van der Waals surface area contributed by atoms with E-state index in [1.165, 1.54) is 0 Å². The first-order chi connectivity index (χ1) is 8.70. The summed E-state index contributed by atoms with van der Waals surface area (Å²) < 4.78 is 0. The number of likely N-dealkylation sites (tertiary alicyclic amines) is 1. The zero-order valence-corrected chi connectivity index (χ0v) is 11.6. The van der Waals surface area contributed by atoms with Gasteiger partial charge in [-0.15, -0.1) is 6.42 Å². The van der Waals surface area contributed by atoms with E-state index in [2.05, 4.69) is 16.1 Å². The van der Waals surface area contributed by atoms with Crippen molar-refractivity contribution in [3.8, 4) is 12.3 Å². The number of para-hydroxylation sites is 1. The summed E-state index contributed by atoms with van der Waals surface area (Å²) in [6.07, 6.45) is 7.43. The smallest absolute Gasteiger partial charge is 0.0721 e. The molecular formula is C14H16Cl2N2. The fourth-order valence-electron chi connectivity index (χ4n) is 2.20. The molecule has 2 rings (SSSR count). The van der Waals surface area contributed by atoms with Gasteiger partial charge in [-0.05, 0) is 25.0 Å². The third kappa shape index (κ3) is 3.32. The largest absolute Gasteiger partial charge is 0.380 e. The first-order valence-electron chi connectivity index (χ1n) is 6.07. The van der Waals surface area contributed by atoms with Crippen molar-refractivity contribution < 1.29 is 0 Å². The second-order valence-electron chi connectivity index (χ2n) is 4.50. The number of anilines is 1. The Balaban J connectivity index is 1.94. The van der Waals surface area contributed by atoms with Crippen LogP contribution in [0.3, 0.4) is 0 Å². The third-order valence-electron chi connectivity index (χ3n) is 3.21. The fourth-order valence-corrected chi connectivity index (χ4v) is 2.71. The van der Waals surface area contributed by atoms with Crippen LogP contribution in [0.25, 0.3) is 0 Å². The second-order valence-corrected chi connectivity index (χ2v) is 5.31. The monoisotopic (exact) mass is 282 g/mol. The van der Waals surface area contributed by atoms with Crippen molar-refractivity contribution >= 4 is 28.9 Å². The number of hydrogen-bond donors (Lipinski definition) is 1. The molecule has 0 aromatic heterocycles. The Morgan fingerprint density at radius 2 is 1.89 bits per heavy atom. The van der Waals surface area contributed by atoms with Crippen molar-refractivity contribution in [2.24, 2.45) is 0 Å². The van der Waals surface area contributed by atoms with Crippen molar-refractivity contribution in [1.29, 1.82) is 0 Å². The van der Waals surface area contributed by atoms with Crippen LogP contribution in [0, 0.1) is 12.3 Å². The van der Waals surface area contributed by atoms with Crippen LogP contribution < -0.4 is 5.32 Å². The highest BCUT2D eigenvalue weighted by Crippen LogP contribution is 2.31. The van der Waals surface area contributed by atoms with Gasteiger partial charge in [-0.1, -0.05) is 35.2 Å². The molecule has 0 radical (unpaired) electrons. The van der Waals surface area contributed by atoms with Gasteiger partial charge in [0.25, 0.3) is 0 Å². The number of terminal acetylenes is 1. The Morgan fingerprint density at radius 3 is 2.44 bits per heavy atom. The van der Waals surface area contributed by atoms with E-state index in [0.717, 1.165) is 38.2 Å². The van der Waals surface area contributed by atoms with Gasteiger partial charge in [0, 0.05) is 19.1 Å². The van der Waals surface area contributed by atoms with Crippen molar-refractivity contribution in [2.75, 3.05) is 25.0 Å². The summed E-state index contributed by atoms with van der Waals surface area (Å²) in [5.74, 6) is 2.68. The summed E-state index contributed by atoms with van der Waals surface area (Å²) in [6.45, 7) is 2.77. The number of piperidine rings is 1. The van der Waals surface area contributed by atoms with E-state index in [1.807, 2.05) is 18.2 Å². The van der Waals surface area contributed by atoms with Gasteiger partial charge in [-0.25, -0.2) is 0 Å². The average Bonchev–Trinajstić information content (AvgIpc) is 2.36.